The van der Waals surface area contributed by atoms with Gasteiger partial charge >= 0.3 is 5.97 Å². The molecule has 2 aromatic carbocycles. The molecule has 3 nitrogen and oxygen atoms in total. The van der Waals surface area contributed by atoms with Gasteiger partial charge in [0.15, 0.2) is 11.6 Å². The third-order valence-corrected chi connectivity index (χ3v) is 11.6. The number of rotatable bonds is 13. The lowest BCUT2D eigenvalue weighted by molar-refractivity contribution is -0.139. The van der Waals surface area contributed by atoms with Crippen LogP contribution in [0.2, 0.25) is 19.1 Å². The Hall–Kier alpha value is -2.31. The molecule has 0 atom stereocenters. The molecule has 1 N–H and O–H groups in total. The Bertz CT molecular complexity index is 1070. The van der Waals surface area contributed by atoms with Gasteiger partial charge in [-0.1, -0.05) is 81.9 Å². The third-order valence-electron chi connectivity index (χ3n) is 8.19. The monoisotopic (exact) mass is 542 g/mol. The Morgan fingerprint density at radius 3 is 2.26 bits per heavy atom. The van der Waals surface area contributed by atoms with Crippen LogP contribution in [0.15, 0.2) is 48.6 Å². The minimum atomic E-state index is -2.28. The number of halogens is 2. The van der Waals surface area contributed by atoms with Crippen molar-refractivity contribution in [1.29, 1.82) is 0 Å². The lowest BCUT2D eigenvalue weighted by Gasteiger charge is -2.30. The summed E-state index contributed by atoms with van der Waals surface area (Å²) in [4.78, 5) is 11.6. The molecule has 0 aliphatic heterocycles. The van der Waals surface area contributed by atoms with Crippen LogP contribution < -0.4 is 5.19 Å². The van der Waals surface area contributed by atoms with E-state index in [0.717, 1.165) is 32.1 Å². The molecule has 0 unspecified atom stereocenters. The molecule has 1 fully saturated rings. The molecule has 2 aromatic rings. The molecular weight excluding hydrogens is 498 g/mol. The van der Waals surface area contributed by atoms with Crippen molar-refractivity contribution in [1.82, 2.24) is 0 Å². The lowest BCUT2D eigenvalue weighted by Crippen LogP contribution is -2.44. The van der Waals surface area contributed by atoms with Crippen LogP contribution in [0.4, 0.5) is 8.78 Å². The van der Waals surface area contributed by atoms with Crippen LogP contribution in [0.1, 0.15) is 86.8 Å². The van der Waals surface area contributed by atoms with Crippen molar-refractivity contribution in [2.45, 2.75) is 95.7 Å². The van der Waals surface area contributed by atoms with Crippen LogP contribution in [0.5, 0.6) is 0 Å². The Kier molecular flexibility index (Phi) is 11.3. The zero-order chi connectivity index (χ0) is 27.7. The molecule has 1 aliphatic rings. The number of aryl methyl sites for hydroxylation is 1. The number of benzene rings is 2. The summed E-state index contributed by atoms with van der Waals surface area (Å²) in [6, 6.07) is 13.3. The smallest absolute Gasteiger partial charge is 0.335 e. The summed E-state index contributed by atoms with van der Waals surface area (Å²) in [5.74, 6) is -1.48. The van der Waals surface area contributed by atoms with E-state index in [1.165, 1.54) is 30.4 Å². The van der Waals surface area contributed by atoms with Gasteiger partial charge in [-0.15, -0.1) is 0 Å². The first-order valence-corrected chi connectivity index (χ1v) is 17.4. The van der Waals surface area contributed by atoms with Gasteiger partial charge in [-0.2, -0.15) is 0 Å². The van der Waals surface area contributed by atoms with Crippen molar-refractivity contribution < 1.29 is 23.4 Å². The fraction of sp³-hybridized carbons (Fsp3) is 0.531. The SMILES string of the molecule is C=C(CO)C(=O)OCCC[Si](C)(C)c1ccc(C2CCC(c3ccc(CCCCC)cc3)CC2)c(F)c1F. The Morgan fingerprint density at radius 1 is 0.974 bits per heavy atom. The maximum Gasteiger partial charge on any atom is 0.335 e. The summed E-state index contributed by atoms with van der Waals surface area (Å²) in [6.07, 6.45) is 9.13. The highest BCUT2D eigenvalue weighted by molar-refractivity contribution is 6.89. The molecule has 6 heteroatoms. The summed E-state index contributed by atoms with van der Waals surface area (Å²) >= 11 is 0. The first-order chi connectivity index (χ1) is 18.2. The average Bonchev–Trinajstić information content (AvgIpc) is 2.92. The van der Waals surface area contributed by atoms with Crippen molar-refractivity contribution in [3.63, 3.8) is 0 Å². The van der Waals surface area contributed by atoms with Gasteiger partial charge in [0.1, 0.15) is 0 Å². The number of aliphatic hydroxyl groups excluding tert-OH is 1. The van der Waals surface area contributed by atoms with E-state index in [0.29, 0.717) is 29.1 Å². The topological polar surface area (TPSA) is 46.5 Å². The van der Waals surface area contributed by atoms with Crippen molar-refractivity contribution in [3.8, 4) is 0 Å². The van der Waals surface area contributed by atoms with Crippen molar-refractivity contribution >= 4 is 19.2 Å². The van der Waals surface area contributed by atoms with E-state index >= 15 is 8.78 Å². The molecule has 3 rings (SSSR count). The molecule has 0 amide bonds. The number of carbonyl (C=O) groups excluding carboxylic acids is 1. The van der Waals surface area contributed by atoms with E-state index in [-0.39, 0.29) is 18.1 Å². The summed E-state index contributed by atoms with van der Waals surface area (Å²) in [5.41, 5.74) is 3.28. The zero-order valence-electron chi connectivity index (χ0n) is 23.3. The Labute approximate surface area is 228 Å². The maximum atomic E-state index is 15.3. The fourth-order valence-electron chi connectivity index (χ4n) is 5.66. The van der Waals surface area contributed by atoms with Gasteiger partial charge in [0.05, 0.1) is 26.9 Å². The van der Waals surface area contributed by atoms with Gasteiger partial charge in [0.2, 0.25) is 0 Å². The van der Waals surface area contributed by atoms with Gasteiger partial charge in [-0.05, 0) is 78.7 Å². The Morgan fingerprint density at radius 2 is 1.63 bits per heavy atom. The lowest BCUT2D eigenvalue weighted by atomic mass is 9.76. The van der Waals surface area contributed by atoms with Gasteiger partial charge in [0.25, 0.3) is 0 Å². The maximum absolute atomic E-state index is 15.3. The second-order valence-electron chi connectivity index (χ2n) is 11.5. The molecule has 0 aromatic heterocycles. The normalized spacial score (nSPS) is 17.8. The highest BCUT2D eigenvalue weighted by Gasteiger charge is 2.32. The molecule has 1 aliphatic carbocycles. The van der Waals surface area contributed by atoms with Crippen LogP contribution >= 0.6 is 0 Å². The minimum Gasteiger partial charge on any atom is -0.462 e. The zero-order valence-corrected chi connectivity index (χ0v) is 24.3. The van der Waals surface area contributed by atoms with Crippen LogP contribution in [0.3, 0.4) is 0 Å². The number of hydrogen-bond donors (Lipinski definition) is 1. The van der Waals surface area contributed by atoms with E-state index in [9.17, 15) is 4.79 Å². The molecule has 0 heterocycles. The minimum absolute atomic E-state index is 0.00922. The second kappa shape index (κ2) is 14.2. The number of unbranched alkanes of at least 4 members (excludes halogenated alkanes) is 2. The molecule has 0 spiro atoms. The van der Waals surface area contributed by atoms with E-state index < -0.39 is 32.3 Å². The molecule has 0 bridgehead atoms. The van der Waals surface area contributed by atoms with E-state index in [4.69, 9.17) is 9.84 Å². The van der Waals surface area contributed by atoms with Crippen molar-refractivity contribution in [2.75, 3.05) is 13.2 Å². The number of esters is 1. The number of hydrogen-bond acceptors (Lipinski definition) is 3. The van der Waals surface area contributed by atoms with Gasteiger partial charge in [0, 0.05) is 0 Å². The number of aliphatic hydroxyl groups is 1. The summed E-state index contributed by atoms with van der Waals surface area (Å²) in [6.45, 7) is 9.42. The summed E-state index contributed by atoms with van der Waals surface area (Å²) in [7, 11) is -2.28. The van der Waals surface area contributed by atoms with Crippen LogP contribution in [0, 0.1) is 11.6 Å². The highest BCUT2D eigenvalue weighted by atomic mass is 28.3. The quantitative estimate of drug-likeness (QED) is 0.123. The average molecular weight is 543 g/mol. The van der Waals surface area contributed by atoms with E-state index in [2.05, 4.69) is 37.8 Å². The van der Waals surface area contributed by atoms with Gasteiger partial charge in [-0.3, -0.25) is 0 Å². The van der Waals surface area contributed by atoms with E-state index in [1.54, 1.807) is 6.07 Å². The molecule has 1 saturated carbocycles. The summed E-state index contributed by atoms with van der Waals surface area (Å²) in [5, 5.41) is 9.43. The molecule has 0 saturated heterocycles. The van der Waals surface area contributed by atoms with Crippen molar-refractivity contribution in [2.24, 2.45) is 0 Å². The molecule has 0 radical (unpaired) electrons. The van der Waals surface area contributed by atoms with Gasteiger partial charge in [-0.25, -0.2) is 13.6 Å². The van der Waals surface area contributed by atoms with Crippen LogP contribution in [-0.2, 0) is 16.0 Å². The first kappa shape index (κ1) is 30.2. The van der Waals surface area contributed by atoms with Crippen LogP contribution in [-0.4, -0.2) is 32.4 Å². The number of carbonyl (C=O) groups is 1. The standard InChI is InChI=1S/C32H44F2O3Si/c1-5-6-7-9-24-10-12-25(13-11-24)26-14-16-27(17-15-26)28-18-19-29(31(34)30(28)33)38(3,4)21-8-20-37-32(36)23(2)22-35/h10-13,18-19,26-27,35H,2,5-9,14-17,20-22H2,1,3-4H3. The predicted molar refractivity (Wildman–Crippen MR) is 154 cm³/mol. The fourth-order valence-corrected chi connectivity index (χ4v) is 8.19. The summed E-state index contributed by atoms with van der Waals surface area (Å²) < 4.78 is 35.8. The van der Waals surface area contributed by atoms with Crippen LogP contribution in [0.25, 0.3) is 0 Å². The molecule has 38 heavy (non-hydrogen) atoms. The second-order valence-corrected chi connectivity index (χ2v) is 16.3. The highest BCUT2D eigenvalue weighted by Crippen LogP contribution is 2.41. The van der Waals surface area contributed by atoms with E-state index in [1.807, 2.05) is 19.2 Å². The number of ether oxygens (including phenoxy) is 1. The molecular formula is C32H44F2O3Si. The third kappa shape index (κ3) is 7.86. The predicted octanol–water partition coefficient (Wildman–Crippen LogP) is 7.54. The first-order valence-electron chi connectivity index (χ1n) is 14.2. The van der Waals surface area contributed by atoms with Gasteiger partial charge < -0.3 is 9.84 Å². The largest absolute Gasteiger partial charge is 0.462 e. The Balaban J connectivity index is 1.56. The molecule has 208 valence electrons. The van der Waals surface area contributed by atoms with Crippen molar-refractivity contribution in [3.05, 3.63) is 76.9 Å².